The van der Waals surface area contributed by atoms with Crippen molar-refractivity contribution in [2.24, 2.45) is 0 Å². The molecule has 4 nitrogen and oxygen atoms in total. The number of rotatable bonds is 6. The molecule has 4 fully saturated rings. The van der Waals surface area contributed by atoms with E-state index in [1.54, 1.807) is 13.8 Å². The molecule has 0 atom stereocenters. The summed E-state index contributed by atoms with van der Waals surface area (Å²) in [6.07, 6.45) is 35.5. The van der Waals surface area contributed by atoms with Gasteiger partial charge in [0.25, 0.3) is 0 Å². The van der Waals surface area contributed by atoms with Crippen LogP contribution in [0.25, 0.3) is 0 Å². The second-order valence-corrected chi connectivity index (χ2v) is 7.21. The second kappa shape index (κ2) is 18.7. The van der Waals surface area contributed by atoms with Crippen molar-refractivity contribution < 1.29 is 53.2 Å². The smallest absolute Gasteiger partial charge is 0.462 e. The molecule has 184 valence electrons. The first-order chi connectivity index (χ1) is 16.7. The number of allylic oxidation sites excluding steroid dienone is 3. The molecule has 0 spiro atoms. The molecule has 0 heterocycles. The van der Waals surface area contributed by atoms with Gasteiger partial charge in [-0.25, -0.2) is 9.59 Å². The van der Waals surface area contributed by atoms with Crippen molar-refractivity contribution in [1.82, 2.24) is 0 Å². The van der Waals surface area contributed by atoms with E-state index in [4.69, 9.17) is 9.47 Å². The van der Waals surface area contributed by atoms with Gasteiger partial charge in [0.2, 0.25) is 0 Å². The molecule has 6 heteroatoms. The van der Waals surface area contributed by atoms with Gasteiger partial charge in [-0.2, -0.15) is 0 Å². The predicted octanol–water partition coefficient (Wildman–Crippen LogP) is 4.57. The van der Waals surface area contributed by atoms with Gasteiger partial charge in [0, 0.05) is 17.4 Å². The maximum Gasteiger partial charge on any atom is 2.00 e. The molecule has 5 aliphatic carbocycles. The molecule has 0 aromatic heterocycles. The molecule has 0 N–H and O–H groups in total. The number of carbonyl (C=O) groups excluding carboxylic acids is 2. The summed E-state index contributed by atoms with van der Waals surface area (Å²) in [5.41, 5.74) is 2.42. The third-order valence-corrected chi connectivity index (χ3v) is 4.91. The molecule has 0 bridgehead atoms. The molecule has 4 saturated carbocycles. The minimum absolute atomic E-state index is 0. The van der Waals surface area contributed by atoms with Crippen LogP contribution in [0.2, 0.25) is 0 Å². The summed E-state index contributed by atoms with van der Waals surface area (Å²) in [4.78, 5) is 24.7. The van der Waals surface area contributed by atoms with Crippen LogP contribution in [0.1, 0.15) is 13.8 Å². The first-order valence-corrected chi connectivity index (χ1v) is 11.3. The first kappa shape index (κ1) is 33.5. The van der Waals surface area contributed by atoms with E-state index in [-0.39, 0.29) is 52.9 Å². The average molecular weight is 564 g/mol. The van der Waals surface area contributed by atoms with Crippen molar-refractivity contribution in [3.63, 3.8) is 0 Å². The van der Waals surface area contributed by atoms with Gasteiger partial charge in [-0.15, -0.1) is 0 Å². The summed E-state index contributed by atoms with van der Waals surface area (Å²) in [6.45, 7) is 3.82. The number of ether oxygens (including phenoxy) is 2. The zero-order chi connectivity index (χ0) is 24.2. The van der Waals surface area contributed by atoms with Gasteiger partial charge in [0.15, 0.2) is 5.57 Å². The second-order valence-electron chi connectivity index (χ2n) is 7.21. The van der Waals surface area contributed by atoms with Crippen molar-refractivity contribution in [2.45, 2.75) is 13.8 Å². The molecule has 0 unspecified atom stereocenters. The molecule has 20 radical (unpaired) electrons. The van der Waals surface area contributed by atoms with Crippen LogP contribution in [-0.4, -0.2) is 25.2 Å². The van der Waals surface area contributed by atoms with Crippen molar-refractivity contribution in [2.75, 3.05) is 13.2 Å². The molecule has 5 aliphatic rings. The fourth-order valence-electron chi connectivity index (χ4n) is 3.43. The molecule has 36 heavy (non-hydrogen) atoms. The van der Waals surface area contributed by atoms with E-state index in [0.29, 0.717) is 5.57 Å². The summed E-state index contributed by atoms with van der Waals surface area (Å²) in [6, 6.07) is 0. The Morgan fingerprint density at radius 1 is 0.528 bits per heavy atom. The molecular weight excluding hydrogens is 536 g/mol. The van der Waals surface area contributed by atoms with Crippen LogP contribution in [0.15, 0.2) is 22.3 Å². The van der Waals surface area contributed by atoms with E-state index < -0.39 is 11.9 Å². The summed E-state index contributed by atoms with van der Waals surface area (Å²) in [5, 5.41) is 0. The predicted molar refractivity (Wildman–Crippen MR) is 131 cm³/mol. The van der Waals surface area contributed by atoms with Gasteiger partial charge in [-0.1, -0.05) is 0 Å². The Kier molecular flexibility index (Phi) is 17.4. The zero-order valence-corrected chi connectivity index (χ0v) is 22.4. The van der Waals surface area contributed by atoms with E-state index in [1.165, 1.54) is 0 Å². The first-order valence-electron chi connectivity index (χ1n) is 11.3. The molecule has 0 aliphatic heterocycles. The van der Waals surface area contributed by atoms with Crippen molar-refractivity contribution in [1.29, 1.82) is 0 Å². The topological polar surface area (TPSA) is 52.6 Å². The average Bonchev–Trinajstić information content (AvgIpc) is 3.56. The Balaban J connectivity index is 0.000000448. The van der Waals surface area contributed by atoms with E-state index in [2.05, 4.69) is 0 Å². The van der Waals surface area contributed by atoms with E-state index in [1.807, 2.05) is 116 Å². The largest absolute Gasteiger partial charge is 2.00 e. The van der Waals surface area contributed by atoms with Crippen LogP contribution in [-0.2, 0) is 53.2 Å². The molecule has 0 saturated heterocycles. The third-order valence-electron chi connectivity index (χ3n) is 4.91. The third kappa shape index (κ3) is 9.97. The van der Waals surface area contributed by atoms with Crippen LogP contribution in [0.4, 0.5) is 0 Å². The number of esters is 2. The van der Waals surface area contributed by atoms with E-state index in [9.17, 15) is 9.59 Å². The van der Waals surface area contributed by atoms with Gasteiger partial charge in [0.05, 0.1) is 13.2 Å². The quantitative estimate of drug-likeness (QED) is 0.156. The van der Waals surface area contributed by atoms with Gasteiger partial charge in [-0.05, 0) is 141 Å². The maximum absolute atomic E-state index is 12.4. The van der Waals surface area contributed by atoms with Crippen LogP contribution >= 0.6 is 0 Å². The Bertz CT molecular complexity index is 650. The summed E-state index contributed by atoms with van der Waals surface area (Å²) in [7, 11) is 0. The minimum Gasteiger partial charge on any atom is -0.462 e. The SMILES string of the molecule is CCOC(=O)C(C(=O)OCC)=C1C([C]2[CH][CH][CH][CH]2)=C1[C]1[CH][CH][CH][CH]1.[CH]1[CH][CH][CH][CH]1.[CH]1[CH][CH][CH][CH]1.[Fe+2].[Fe+2]. The fourth-order valence-corrected chi connectivity index (χ4v) is 3.43. The number of carbonyl (C=O) groups is 2. The molecule has 0 amide bonds. The van der Waals surface area contributed by atoms with Crippen molar-refractivity contribution in [3.8, 4) is 0 Å². The minimum atomic E-state index is -0.642. The normalized spacial score (nSPS) is 20.9. The number of hydrogen-bond donors (Lipinski definition) is 0. The Labute approximate surface area is 241 Å². The summed E-state index contributed by atoms with van der Waals surface area (Å²) >= 11 is 0. The van der Waals surface area contributed by atoms with Crippen LogP contribution < -0.4 is 0 Å². The van der Waals surface area contributed by atoms with Gasteiger partial charge >= 0.3 is 46.1 Å². The maximum atomic E-state index is 12.4. The zero-order valence-electron chi connectivity index (χ0n) is 20.1. The van der Waals surface area contributed by atoms with E-state index >= 15 is 0 Å². The monoisotopic (exact) mass is 564 g/mol. The molecule has 0 aromatic rings. The van der Waals surface area contributed by atoms with E-state index in [0.717, 1.165) is 23.0 Å². The Morgan fingerprint density at radius 2 is 0.806 bits per heavy atom. The van der Waals surface area contributed by atoms with Crippen LogP contribution in [0, 0.1) is 127 Å². The standard InChI is InChI=1S/C20H18O4.2C5H5.2Fe/c1-3-23-19(21)18(20(22)24-4-2)17-15(13-9-5-6-10-13)16(17)14-11-7-8-12-14;2*1-2-4-5-3-1;;/h5-12H,3-4H2,1-2H3;2*1-5H;;/q;;;2*+2. The molecular formula is C30H28Fe2O4+4. The molecule has 5 rings (SSSR count). The number of hydrogen-bond acceptors (Lipinski definition) is 4. The fraction of sp³-hybridized carbons (Fsp3) is 0.133. The van der Waals surface area contributed by atoms with Gasteiger partial charge in [0.1, 0.15) is 0 Å². The van der Waals surface area contributed by atoms with Crippen molar-refractivity contribution >= 4 is 11.9 Å². The van der Waals surface area contributed by atoms with Gasteiger partial charge < -0.3 is 9.47 Å². The van der Waals surface area contributed by atoms with Crippen LogP contribution in [0.5, 0.6) is 0 Å². The summed E-state index contributed by atoms with van der Waals surface area (Å²) in [5.74, 6) is 0.674. The summed E-state index contributed by atoms with van der Waals surface area (Å²) < 4.78 is 10.2. The van der Waals surface area contributed by atoms with Gasteiger partial charge in [-0.3, -0.25) is 0 Å². The molecule has 0 aromatic carbocycles. The Hall–Kier alpha value is -0.541. The van der Waals surface area contributed by atoms with Crippen molar-refractivity contribution in [3.05, 3.63) is 150 Å². The Morgan fingerprint density at radius 3 is 1.06 bits per heavy atom. The van der Waals surface area contributed by atoms with Crippen LogP contribution in [0.3, 0.4) is 0 Å².